The van der Waals surface area contributed by atoms with Crippen LogP contribution in [0, 0.1) is 5.92 Å². The summed E-state index contributed by atoms with van der Waals surface area (Å²) in [4.78, 5) is 15.8. The van der Waals surface area contributed by atoms with Crippen molar-refractivity contribution in [2.24, 2.45) is 5.92 Å². The molecule has 0 spiro atoms. The molecule has 0 radical (unpaired) electrons. The van der Waals surface area contributed by atoms with E-state index in [1.807, 2.05) is 6.07 Å². The van der Waals surface area contributed by atoms with Crippen molar-refractivity contribution in [1.29, 1.82) is 0 Å². The predicted octanol–water partition coefficient (Wildman–Crippen LogP) is 1.31. The largest absolute Gasteiger partial charge is 0.355 e. The maximum Gasteiger partial charge on any atom is 0.230 e. The molecule has 0 atom stereocenters. The zero-order valence-corrected chi connectivity index (χ0v) is 13.5. The molecule has 2 aromatic rings. The van der Waals surface area contributed by atoms with Crippen LogP contribution in [0.4, 0.5) is 0 Å². The zero-order chi connectivity index (χ0) is 15.9. The van der Waals surface area contributed by atoms with Crippen LogP contribution in [-0.4, -0.2) is 38.1 Å². The number of nitrogens with zero attached hydrogens (tertiary/aromatic N) is 4. The van der Waals surface area contributed by atoms with E-state index in [1.165, 1.54) is 16.4 Å². The van der Waals surface area contributed by atoms with Crippen LogP contribution in [-0.2, 0) is 4.79 Å². The molecule has 0 fully saturated rings. The average Bonchev–Trinajstić information content (AvgIpc) is 2.87. The number of thioether (sulfide) groups is 1. The van der Waals surface area contributed by atoms with Gasteiger partial charge in [-0.1, -0.05) is 25.6 Å². The fourth-order valence-corrected chi connectivity index (χ4v) is 2.44. The summed E-state index contributed by atoms with van der Waals surface area (Å²) in [7, 11) is 0. The number of pyridine rings is 1. The number of carbonyl (C=O) groups excluding carboxylic acids is 1. The molecule has 2 rings (SSSR count). The Labute approximate surface area is 133 Å². The van der Waals surface area contributed by atoms with Gasteiger partial charge >= 0.3 is 0 Å². The summed E-state index contributed by atoms with van der Waals surface area (Å²) in [6.45, 7) is 4.93. The summed E-state index contributed by atoms with van der Waals surface area (Å²) in [5, 5.41) is 11.4. The molecule has 118 valence electrons. The van der Waals surface area contributed by atoms with E-state index in [4.69, 9.17) is 5.84 Å². The van der Waals surface area contributed by atoms with Crippen LogP contribution in [0.2, 0.25) is 0 Å². The van der Waals surface area contributed by atoms with Crippen molar-refractivity contribution in [3.63, 3.8) is 0 Å². The van der Waals surface area contributed by atoms with Gasteiger partial charge in [-0.05, 0) is 24.5 Å². The lowest BCUT2D eigenvalue weighted by atomic mass is 10.1. The second-order valence-corrected chi connectivity index (χ2v) is 6.18. The van der Waals surface area contributed by atoms with Crippen LogP contribution < -0.4 is 11.2 Å². The highest BCUT2D eigenvalue weighted by Crippen LogP contribution is 2.20. The minimum atomic E-state index is -0.0309. The molecule has 0 saturated carbocycles. The summed E-state index contributed by atoms with van der Waals surface area (Å²) in [6, 6.07) is 3.66. The molecular formula is C14H20N6OS. The molecule has 22 heavy (non-hydrogen) atoms. The van der Waals surface area contributed by atoms with Crippen LogP contribution in [0.5, 0.6) is 0 Å². The number of amides is 1. The molecule has 7 nitrogen and oxygen atoms in total. The number of nitrogen functional groups attached to an aromatic ring is 1. The Kier molecular flexibility index (Phi) is 5.76. The number of aromatic nitrogens is 4. The van der Waals surface area contributed by atoms with E-state index < -0.39 is 0 Å². The van der Waals surface area contributed by atoms with Crippen molar-refractivity contribution in [3.8, 4) is 11.4 Å². The van der Waals surface area contributed by atoms with Crippen LogP contribution in [0.1, 0.15) is 20.3 Å². The van der Waals surface area contributed by atoms with Gasteiger partial charge in [0.25, 0.3) is 0 Å². The molecule has 2 aromatic heterocycles. The van der Waals surface area contributed by atoms with Crippen molar-refractivity contribution in [2.45, 2.75) is 25.4 Å². The van der Waals surface area contributed by atoms with Crippen LogP contribution in [0.3, 0.4) is 0 Å². The normalized spacial score (nSPS) is 10.9. The van der Waals surface area contributed by atoms with Gasteiger partial charge in [0.2, 0.25) is 11.1 Å². The fourth-order valence-electron chi connectivity index (χ4n) is 1.75. The SMILES string of the molecule is CC(C)CCNC(=O)CSc1nnc(-c2cccnc2)n1N. The topological polar surface area (TPSA) is 98.7 Å². The number of nitrogens with one attached hydrogen (secondary N) is 1. The molecule has 8 heteroatoms. The molecule has 0 unspecified atom stereocenters. The van der Waals surface area contributed by atoms with Crippen molar-refractivity contribution in [3.05, 3.63) is 24.5 Å². The fraction of sp³-hybridized carbons (Fsp3) is 0.429. The van der Waals surface area contributed by atoms with Crippen molar-refractivity contribution in [2.75, 3.05) is 18.1 Å². The molecule has 3 N–H and O–H groups in total. The summed E-state index contributed by atoms with van der Waals surface area (Å²) in [5.41, 5.74) is 0.783. The molecule has 0 aliphatic heterocycles. The average molecular weight is 320 g/mol. The Morgan fingerprint density at radius 2 is 2.27 bits per heavy atom. The monoisotopic (exact) mass is 320 g/mol. The lowest BCUT2D eigenvalue weighted by Gasteiger charge is -2.07. The minimum Gasteiger partial charge on any atom is -0.355 e. The Morgan fingerprint density at radius 1 is 1.45 bits per heavy atom. The van der Waals surface area contributed by atoms with E-state index in [9.17, 15) is 4.79 Å². The summed E-state index contributed by atoms with van der Waals surface area (Å²) >= 11 is 1.26. The van der Waals surface area contributed by atoms with Crippen molar-refractivity contribution >= 4 is 17.7 Å². The number of nitrogens with two attached hydrogens (primary N) is 1. The van der Waals surface area contributed by atoms with Gasteiger partial charge in [0.15, 0.2) is 5.82 Å². The first-order valence-electron chi connectivity index (χ1n) is 7.08. The van der Waals surface area contributed by atoms with Crippen LogP contribution >= 0.6 is 11.8 Å². The maximum absolute atomic E-state index is 11.7. The van der Waals surface area contributed by atoms with E-state index in [1.54, 1.807) is 18.5 Å². The smallest absolute Gasteiger partial charge is 0.230 e. The second-order valence-electron chi connectivity index (χ2n) is 5.24. The van der Waals surface area contributed by atoms with Crippen molar-refractivity contribution < 1.29 is 4.79 Å². The van der Waals surface area contributed by atoms with E-state index in [0.29, 0.717) is 23.4 Å². The molecule has 0 aliphatic carbocycles. The number of rotatable bonds is 7. The first-order valence-corrected chi connectivity index (χ1v) is 8.07. The van der Waals surface area contributed by atoms with Gasteiger partial charge in [0, 0.05) is 24.5 Å². The molecule has 0 saturated heterocycles. The van der Waals surface area contributed by atoms with E-state index in [-0.39, 0.29) is 11.7 Å². The zero-order valence-electron chi connectivity index (χ0n) is 12.7. The lowest BCUT2D eigenvalue weighted by Crippen LogP contribution is -2.27. The van der Waals surface area contributed by atoms with Gasteiger partial charge < -0.3 is 11.2 Å². The Hall–Kier alpha value is -2.09. The molecular weight excluding hydrogens is 300 g/mol. The van der Waals surface area contributed by atoms with Crippen LogP contribution in [0.15, 0.2) is 29.7 Å². The highest BCUT2D eigenvalue weighted by atomic mass is 32.2. The highest BCUT2D eigenvalue weighted by molar-refractivity contribution is 7.99. The predicted molar refractivity (Wildman–Crippen MR) is 86.6 cm³/mol. The molecule has 0 aromatic carbocycles. The Morgan fingerprint density at radius 3 is 2.95 bits per heavy atom. The molecule has 0 bridgehead atoms. The summed E-state index contributed by atoms with van der Waals surface area (Å²) < 4.78 is 1.38. The lowest BCUT2D eigenvalue weighted by molar-refractivity contribution is -0.118. The number of hydrogen-bond donors (Lipinski definition) is 2. The molecule has 0 aliphatic rings. The quantitative estimate of drug-likeness (QED) is 0.589. The first kappa shape index (κ1) is 16.3. The maximum atomic E-state index is 11.7. The van der Waals surface area contributed by atoms with Gasteiger partial charge in [-0.2, -0.15) is 0 Å². The summed E-state index contributed by atoms with van der Waals surface area (Å²) in [5.74, 6) is 7.30. The third-order valence-corrected chi connectivity index (χ3v) is 3.90. The Balaban J connectivity index is 1.89. The molecule has 1 amide bonds. The van der Waals surface area contributed by atoms with Gasteiger partial charge in [-0.25, -0.2) is 4.68 Å². The third-order valence-electron chi connectivity index (χ3n) is 2.96. The third kappa shape index (κ3) is 4.45. The van der Waals surface area contributed by atoms with Gasteiger partial charge in [-0.3, -0.25) is 9.78 Å². The standard InChI is InChI=1S/C14H20N6OS/c1-10(2)5-7-17-12(21)9-22-14-19-18-13(20(14)15)11-4-3-6-16-8-11/h3-4,6,8,10H,5,7,9,15H2,1-2H3,(H,17,21). The number of carbonyl (C=O) groups is 1. The second kappa shape index (κ2) is 7.79. The van der Waals surface area contributed by atoms with E-state index >= 15 is 0 Å². The van der Waals surface area contributed by atoms with Gasteiger partial charge in [-0.15, -0.1) is 10.2 Å². The molecule has 2 heterocycles. The van der Waals surface area contributed by atoms with Gasteiger partial charge in [0.05, 0.1) is 5.75 Å². The first-order chi connectivity index (χ1) is 10.6. The van der Waals surface area contributed by atoms with E-state index in [0.717, 1.165) is 12.0 Å². The Bertz CT molecular complexity index is 613. The number of hydrogen-bond acceptors (Lipinski definition) is 6. The minimum absolute atomic E-state index is 0.0309. The van der Waals surface area contributed by atoms with Crippen molar-refractivity contribution in [1.82, 2.24) is 25.2 Å². The highest BCUT2D eigenvalue weighted by Gasteiger charge is 2.13. The van der Waals surface area contributed by atoms with E-state index in [2.05, 4.69) is 34.3 Å². The summed E-state index contributed by atoms with van der Waals surface area (Å²) in [6.07, 6.45) is 4.31. The van der Waals surface area contributed by atoms with Crippen LogP contribution in [0.25, 0.3) is 11.4 Å². The van der Waals surface area contributed by atoms with Gasteiger partial charge in [0.1, 0.15) is 0 Å².